The smallest absolute Gasteiger partial charge is 0.368 e. The van der Waals surface area contributed by atoms with Crippen LogP contribution in [0.3, 0.4) is 0 Å². The summed E-state index contributed by atoms with van der Waals surface area (Å²) in [7, 11) is 0. The van der Waals surface area contributed by atoms with Crippen molar-refractivity contribution in [3.05, 3.63) is 24.3 Å². The van der Waals surface area contributed by atoms with Gasteiger partial charge in [0.05, 0.1) is 0 Å². The molecule has 8 heteroatoms. The summed E-state index contributed by atoms with van der Waals surface area (Å²) in [6.45, 7) is 8.59. The number of carbonyl (C=O) groups excluding carboxylic acids is 2. The lowest BCUT2D eigenvalue weighted by Gasteiger charge is -2.21. The summed E-state index contributed by atoms with van der Waals surface area (Å²) in [4.78, 5) is 29.3. The lowest BCUT2D eigenvalue weighted by Crippen LogP contribution is -2.20. The zero-order valence-electron chi connectivity index (χ0n) is 14.3. The molecular formula is C16H28O8. The highest BCUT2D eigenvalue weighted by Gasteiger charge is 2.17. The number of aliphatic hydroxyl groups is 3. The van der Waals surface area contributed by atoms with Gasteiger partial charge in [0, 0.05) is 11.1 Å². The van der Waals surface area contributed by atoms with E-state index in [9.17, 15) is 9.59 Å². The number of carbonyl (C=O) groups is 2. The van der Waals surface area contributed by atoms with Gasteiger partial charge in [-0.05, 0) is 39.5 Å². The van der Waals surface area contributed by atoms with Crippen molar-refractivity contribution in [2.75, 3.05) is 13.6 Å². The third kappa shape index (κ3) is 15.2. The average molecular weight is 348 g/mol. The first-order chi connectivity index (χ1) is 11.3. The van der Waals surface area contributed by atoms with Gasteiger partial charge in [0.2, 0.25) is 0 Å². The Bertz CT molecular complexity index is 386. The first kappa shape index (κ1) is 24.5. The van der Waals surface area contributed by atoms with Gasteiger partial charge in [0.25, 0.3) is 0 Å². The van der Waals surface area contributed by atoms with Crippen LogP contribution >= 0.6 is 0 Å². The molecule has 1 aliphatic rings. The molecule has 1 aliphatic carbocycles. The van der Waals surface area contributed by atoms with Crippen molar-refractivity contribution >= 4 is 11.9 Å². The average Bonchev–Trinajstić information content (AvgIpc) is 2.54. The van der Waals surface area contributed by atoms with Crippen molar-refractivity contribution in [3.63, 3.8) is 0 Å². The molecule has 0 radical (unpaired) electrons. The number of ether oxygens (including phenoxy) is 1. The van der Waals surface area contributed by atoms with Crippen LogP contribution in [0.25, 0.3) is 0 Å². The molecule has 0 aromatic carbocycles. The Morgan fingerprint density at radius 1 is 0.958 bits per heavy atom. The van der Waals surface area contributed by atoms with Crippen LogP contribution < -0.4 is 0 Å². The minimum absolute atomic E-state index is 0.156. The summed E-state index contributed by atoms with van der Waals surface area (Å²) in [5.74, 6) is -0.911. The van der Waals surface area contributed by atoms with E-state index in [0.29, 0.717) is 5.57 Å². The van der Waals surface area contributed by atoms with E-state index >= 15 is 0 Å². The Morgan fingerprint density at radius 2 is 1.42 bits per heavy atom. The third-order valence-electron chi connectivity index (χ3n) is 2.71. The van der Waals surface area contributed by atoms with Crippen LogP contribution in [0.5, 0.6) is 0 Å². The Labute approximate surface area is 142 Å². The van der Waals surface area contributed by atoms with Gasteiger partial charge in [-0.15, -0.1) is 0 Å². The second kappa shape index (κ2) is 16.1. The van der Waals surface area contributed by atoms with E-state index in [1.165, 1.54) is 26.2 Å². The summed E-state index contributed by atoms with van der Waals surface area (Å²) in [5, 5.41) is 22.2. The Morgan fingerprint density at radius 3 is 1.79 bits per heavy atom. The van der Waals surface area contributed by atoms with Crippen LogP contribution in [0, 0.1) is 0 Å². The molecule has 8 nitrogen and oxygen atoms in total. The third-order valence-corrected chi connectivity index (χ3v) is 2.71. The number of hydrogen-bond donors (Lipinski definition) is 3. The molecule has 24 heavy (non-hydrogen) atoms. The van der Waals surface area contributed by atoms with E-state index in [1.807, 2.05) is 0 Å². The Hall–Kier alpha value is -1.74. The molecule has 0 spiro atoms. The fourth-order valence-corrected chi connectivity index (χ4v) is 1.59. The van der Waals surface area contributed by atoms with Crippen LogP contribution in [0.1, 0.15) is 46.0 Å². The number of aliphatic hydroxyl groups excluding tert-OH is 2. The SMILES string of the molecule is C=C(C)C(=O)OC1CCCCC1.C=C(C)C(=O)OOCO.OCO. The monoisotopic (exact) mass is 348 g/mol. The van der Waals surface area contributed by atoms with E-state index in [2.05, 4.69) is 22.9 Å². The molecule has 0 atom stereocenters. The minimum atomic E-state index is -0.750. The summed E-state index contributed by atoms with van der Waals surface area (Å²) in [6, 6.07) is 0. The van der Waals surface area contributed by atoms with Gasteiger partial charge in [-0.25, -0.2) is 9.59 Å². The molecule has 0 bridgehead atoms. The maximum absolute atomic E-state index is 11.1. The molecule has 0 saturated heterocycles. The normalized spacial score (nSPS) is 13.4. The molecule has 140 valence electrons. The maximum atomic E-state index is 11.1. The molecule has 0 heterocycles. The van der Waals surface area contributed by atoms with Crippen molar-refractivity contribution in [2.24, 2.45) is 0 Å². The molecular weight excluding hydrogens is 320 g/mol. The van der Waals surface area contributed by atoms with Crippen LogP contribution in [0.4, 0.5) is 0 Å². The summed E-state index contributed by atoms with van der Waals surface area (Å²) >= 11 is 0. The van der Waals surface area contributed by atoms with Gasteiger partial charge >= 0.3 is 11.9 Å². The summed E-state index contributed by atoms with van der Waals surface area (Å²) in [6.07, 6.45) is 5.87. The zero-order chi connectivity index (χ0) is 19.0. The molecule has 0 aliphatic heterocycles. The second-order valence-electron chi connectivity index (χ2n) is 4.99. The molecule has 0 aromatic heterocycles. The second-order valence-corrected chi connectivity index (χ2v) is 4.99. The first-order valence-corrected chi connectivity index (χ1v) is 7.48. The largest absolute Gasteiger partial charge is 0.459 e. The van der Waals surface area contributed by atoms with Crippen LogP contribution in [0.2, 0.25) is 0 Å². The van der Waals surface area contributed by atoms with Crippen LogP contribution in [-0.2, 0) is 24.1 Å². The lowest BCUT2D eigenvalue weighted by atomic mass is 9.98. The van der Waals surface area contributed by atoms with Gasteiger partial charge in [-0.1, -0.05) is 19.6 Å². The first-order valence-electron chi connectivity index (χ1n) is 7.48. The van der Waals surface area contributed by atoms with Gasteiger partial charge in [-0.3, -0.25) is 4.89 Å². The highest BCUT2D eigenvalue weighted by atomic mass is 17.2. The standard InChI is InChI=1S/C10H16O2.C5H8O4.CH4O2/c1-8(2)10(11)12-9-6-4-3-5-7-9;1-4(2)5(7)9-8-3-6;2-1-3/h9H,1,3-7H2,2H3;6H,1,3H2,2H3;2-3H,1H2. The quantitative estimate of drug-likeness (QED) is 0.224. The van der Waals surface area contributed by atoms with Crippen LogP contribution in [-0.4, -0.2) is 46.9 Å². The van der Waals surface area contributed by atoms with E-state index in [1.54, 1.807) is 6.92 Å². The van der Waals surface area contributed by atoms with Crippen molar-refractivity contribution in [2.45, 2.75) is 52.1 Å². The van der Waals surface area contributed by atoms with Crippen molar-refractivity contribution in [3.8, 4) is 0 Å². The maximum Gasteiger partial charge on any atom is 0.368 e. The molecule has 1 fully saturated rings. The van der Waals surface area contributed by atoms with E-state index in [0.717, 1.165) is 12.8 Å². The van der Waals surface area contributed by atoms with Gasteiger partial charge in [0.1, 0.15) is 12.9 Å². The molecule has 1 rings (SSSR count). The lowest BCUT2D eigenvalue weighted by molar-refractivity contribution is -0.299. The molecule has 3 N–H and O–H groups in total. The Kier molecular flexibility index (Phi) is 16.5. The fraction of sp³-hybridized carbons (Fsp3) is 0.625. The topological polar surface area (TPSA) is 123 Å². The molecule has 1 saturated carbocycles. The molecule has 0 aromatic rings. The zero-order valence-corrected chi connectivity index (χ0v) is 14.3. The Balaban J connectivity index is 0. The van der Waals surface area contributed by atoms with E-state index < -0.39 is 19.6 Å². The van der Waals surface area contributed by atoms with Crippen LogP contribution in [0.15, 0.2) is 24.3 Å². The summed E-state index contributed by atoms with van der Waals surface area (Å²) in [5.41, 5.74) is 0.726. The molecule has 0 amide bonds. The highest BCUT2D eigenvalue weighted by Crippen LogP contribution is 2.20. The molecule has 0 unspecified atom stereocenters. The predicted molar refractivity (Wildman–Crippen MR) is 86.2 cm³/mol. The van der Waals surface area contributed by atoms with Crippen molar-refractivity contribution < 1.29 is 39.4 Å². The highest BCUT2D eigenvalue weighted by molar-refractivity contribution is 5.87. The minimum Gasteiger partial charge on any atom is -0.459 e. The number of hydrogen-bond acceptors (Lipinski definition) is 8. The van der Waals surface area contributed by atoms with Gasteiger partial charge in [0.15, 0.2) is 6.79 Å². The summed E-state index contributed by atoms with van der Waals surface area (Å²) < 4.78 is 5.21. The van der Waals surface area contributed by atoms with E-state index in [4.69, 9.17) is 20.1 Å². The predicted octanol–water partition coefficient (Wildman–Crippen LogP) is 1.35. The van der Waals surface area contributed by atoms with Gasteiger partial charge < -0.3 is 20.1 Å². The van der Waals surface area contributed by atoms with E-state index in [-0.39, 0.29) is 17.6 Å². The number of esters is 1. The van der Waals surface area contributed by atoms with Crippen molar-refractivity contribution in [1.29, 1.82) is 0 Å². The van der Waals surface area contributed by atoms with Crippen molar-refractivity contribution in [1.82, 2.24) is 0 Å². The number of rotatable bonds is 5. The van der Waals surface area contributed by atoms with Gasteiger partial charge in [-0.2, -0.15) is 4.89 Å². The fourth-order valence-electron chi connectivity index (χ4n) is 1.59.